The van der Waals surface area contributed by atoms with Gasteiger partial charge in [0.05, 0.1) is 12.7 Å². The Morgan fingerprint density at radius 3 is 2.16 bits per heavy atom. The zero-order valence-electron chi connectivity index (χ0n) is 12.3. The molecule has 19 heavy (non-hydrogen) atoms. The first-order chi connectivity index (χ1) is 9.21. The van der Waals surface area contributed by atoms with Gasteiger partial charge >= 0.3 is 0 Å². The Hall–Kier alpha value is -1.22. The van der Waals surface area contributed by atoms with E-state index in [0.29, 0.717) is 0 Å². The van der Waals surface area contributed by atoms with Crippen molar-refractivity contribution in [3.8, 4) is 11.5 Å². The molecule has 2 unspecified atom stereocenters. The number of benzene rings is 1. The van der Waals surface area contributed by atoms with Gasteiger partial charge in [0.15, 0.2) is 0 Å². The quantitative estimate of drug-likeness (QED) is 0.739. The molecule has 1 aromatic carbocycles. The highest BCUT2D eigenvalue weighted by molar-refractivity contribution is 5.31. The molecule has 0 spiro atoms. The van der Waals surface area contributed by atoms with Gasteiger partial charge in [0.25, 0.3) is 0 Å². The van der Waals surface area contributed by atoms with Gasteiger partial charge in [-0.25, -0.2) is 0 Å². The summed E-state index contributed by atoms with van der Waals surface area (Å²) in [5.41, 5.74) is 0. The van der Waals surface area contributed by atoms with Gasteiger partial charge in [0.1, 0.15) is 17.6 Å². The zero-order chi connectivity index (χ0) is 14.1. The van der Waals surface area contributed by atoms with Crippen LogP contribution in [0.25, 0.3) is 0 Å². The second kappa shape index (κ2) is 8.81. The highest BCUT2D eigenvalue weighted by Gasteiger charge is 2.18. The molecule has 0 fully saturated rings. The lowest BCUT2D eigenvalue weighted by Gasteiger charge is -2.22. The van der Waals surface area contributed by atoms with Crippen LogP contribution in [0.5, 0.6) is 11.5 Å². The number of hydrogen-bond donors (Lipinski definition) is 1. The molecule has 1 aromatic rings. The molecule has 3 heteroatoms. The van der Waals surface area contributed by atoms with Gasteiger partial charge in [0.2, 0.25) is 0 Å². The predicted octanol–water partition coefficient (Wildman–Crippen LogP) is 3.79. The van der Waals surface area contributed by atoms with E-state index < -0.39 is 6.10 Å². The molecule has 3 nitrogen and oxygen atoms in total. The van der Waals surface area contributed by atoms with Crippen LogP contribution in [-0.4, -0.2) is 23.9 Å². The number of rotatable bonds is 9. The van der Waals surface area contributed by atoms with Gasteiger partial charge in [0, 0.05) is 0 Å². The summed E-state index contributed by atoms with van der Waals surface area (Å²) in [4.78, 5) is 0. The van der Waals surface area contributed by atoms with Crippen LogP contribution in [0, 0.1) is 0 Å². The van der Waals surface area contributed by atoms with E-state index in [1.165, 1.54) is 0 Å². The molecule has 0 saturated heterocycles. The van der Waals surface area contributed by atoms with Gasteiger partial charge in [-0.15, -0.1) is 0 Å². The van der Waals surface area contributed by atoms with E-state index in [2.05, 4.69) is 13.8 Å². The Morgan fingerprint density at radius 2 is 1.63 bits per heavy atom. The summed E-state index contributed by atoms with van der Waals surface area (Å²) in [6, 6.07) is 7.60. The Labute approximate surface area is 116 Å². The van der Waals surface area contributed by atoms with E-state index in [9.17, 15) is 5.11 Å². The summed E-state index contributed by atoms with van der Waals surface area (Å²) in [5, 5.41) is 9.99. The summed E-state index contributed by atoms with van der Waals surface area (Å²) in [6.07, 6.45) is 3.00. The summed E-state index contributed by atoms with van der Waals surface area (Å²) in [5.74, 6) is 1.64. The molecule has 0 aliphatic rings. The van der Waals surface area contributed by atoms with Crippen LogP contribution in [-0.2, 0) is 0 Å². The van der Waals surface area contributed by atoms with Crippen LogP contribution in [0.1, 0.15) is 46.5 Å². The van der Waals surface area contributed by atoms with Gasteiger partial charge in [-0.1, -0.05) is 27.2 Å². The van der Waals surface area contributed by atoms with Crippen molar-refractivity contribution in [1.82, 2.24) is 0 Å². The third-order valence-corrected chi connectivity index (χ3v) is 3.00. The van der Waals surface area contributed by atoms with E-state index in [1.807, 2.05) is 31.2 Å². The largest absolute Gasteiger partial charge is 0.494 e. The third-order valence-electron chi connectivity index (χ3n) is 3.00. The van der Waals surface area contributed by atoms with Crippen LogP contribution in [0.4, 0.5) is 0 Å². The lowest BCUT2D eigenvalue weighted by molar-refractivity contribution is 0.0284. The van der Waals surface area contributed by atoms with Crippen LogP contribution < -0.4 is 9.47 Å². The monoisotopic (exact) mass is 266 g/mol. The minimum atomic E-state index is -0.397. The summed E-state index contributed by atoms with van der Waals surface area (Å²) in [7, 11) is 0. The number of ether oxygens (including phenoxy) is 2. The van der Waals surface area contributed by atoms with E-state index >= 15 is 0 Å². The first-order valence-electron chi connectivity index (χ1n) is 7.28. The minimum Gasteiger partial charge on any atom is -0.494 e. The molecule has 0 radical (unpaired) electrons. The average Bonchev–Trinajstić information content (AvgIpc) is 2.44. The highest BCUT2D eigenvalue weighted by Crippen LogP contribution is 2.21. The van der Waals surface area contributed by atoms with Crippen LogP contribution in [0.15, 0.2) is 24.3 Å². The fourth-order valence-electron chi connectivity index (χ4n) is 1.92. The third kappa shape index (κ3) is 5.52. The molecule has 0 aliphatic heterocycles. The average molecular weight is 266 g/mol. The Balaban J connectivity index is 2.55. The van der Waals surface area contributed by atoms with Crippen molar-refractivity contribution in [3.05, 3.63) is 24.3 Å². The van der Waals surface area contributed by atoms with Gasteiger partial charge in [-0.3, -0.25) is 0 Å². The van der Waals surface area contributed by atoms with Crippen molar-refractivity contribution >= 4 is 0 Å². The molecule has 0 saturated carbocycles. The van der Waals surface area contributed by atoms with E-state index in [-0.39, 0.29) is 6.10 Å². The molecule has 0 aliphatic carbocycles. The number of hydrogen-bond acceptors (Lipinski definition) is 3. The van der Waals surface area contributed by atoms with Gasteiger partial charge < -0.3 is 14.6 Å². The second-order valence-corrected chi connectivity index (χ2v) is 4.74. The maximum atomic E-state index is 9.99. The highest BCUT2D eigenvalue weighted by atomic mass is 16.5. The maximum absolute atomic E-state index is 9.99. The molecule has 0 aromatic heterocycles. The van der Waals surface area contributed by atoms with E-state index in [0.717, 1.165) is 43.8 Å². The molecule has 1 rings (SSSR count). The maximum Gasteiger partial charge on any atom is 0.124 e. The summed E-state index contributed by atoms with van der Waals surface area (Å²) < 4.78 is 11.4. The zero-order valence-corrected chi connectivity index (χ0v) is 12.3. The summed E-state index contributed by atoms with van der Waals surface area (Å²) >= 11 is 0. The molecule has 0 amide bonds. The van der Waals surface area contributed by atoms with Crippen molar-refractivity contribution in [2.45, 2.75) is 58.7 Å². The molecular weight excluding hydrogens is 240 g/mol. The normalized spacial score (nSPS) is 13.9. The predicted molar refractivity (Wildman–Crippen MR) is 77.8 cm³/mol. The fourth-order valence-corrected chi connectivity index (χ4v) is 1.92. The molecule has 1 N–H and O–H groups in total. The van der Waals surface area contributed by atoms with Crippen molar-refractivity contribution in [2.75, 3.05) is 6.61 Å². The Morgan fingerprint density at radius 1 is 1.00 bits per heavy atom. The van der Waals surface area contributed by atoms with Crippen molar-refractivity contribution < 1.29 is 14.6 Å². The van der Waals surface area contributed by atoms with Crippen molar-refractivity contribution in [1.29, 1.82) is 0 Å². The Bertz CT molecular complexity index is 334. The van der Waals surface area contributed by atoms with Gasteiger partial charge in [-0.2, -0.15) is 0 Å². The standard InChI is InChI=1S/C16H26O3/c1-4-7-15(17)16(6-3)19-14-10-8-13(9-11-14)18-12-5-2/h8-11,15-17H,4-7,12H2,1-3H3. The van der Waals surface area contributed by atoms with Crippen LogP contribution in [0.2, 0.25) is 0 Å². The van der Waals surface area contributed by atoms with Crippen molar-refractivity contribution in [2.24, 2.45) is 0 Å². The molecule has 0 bridgehead atoms. The molecular formula is C16H26O3. The topological polar surface area (TPSA) is 38.7 Å². The molecule has 108 valence electrons. The smallest absolute Gasteiger partial charge is 0.124 e. The fraction of sp³-hybridized carbons (Fsp3) is 0.625. The van der Waals surface area contributed by atoms with E-state index in [1.54, 1.807) is 0 Å². The first kappa shape index (κ1) is 15.8. The second-order valence-electron chi connectivity index (χ2n) is 4.74. The lowest BCUT2D eigenvalue weighted by Crippen LogP contribution is -2.30. The first-order valence-corrected chi connectivity index (χ1v) is 7.28. The lowest BCUT2D eigenvalue weighted by atomic mass is 10.1. The van der Waals surface area contributed by atoms with Crippen molar-refractivity contribution in [3.63, 3.8) is 0 Å². The van der Waals surface area contributed by atoms with Gasteiger partial charge in [-0.05, 0) is 43.5 Å². The minimum absolute atomic E-state index is 0.137. The van der Waals surface area contributed by atoms with Crippen LogP contribution in [0.3, 0.4) is 0 Å². The SMILES string of the molecule is CCCOc1ccc(OC(CC)C(O)CCC)cc1. The molecule has 2 atom stereocenters. The Kier molecular flexibility index (Phi) is 7.34. The van der Waals surface area contributed by atoms with Crippen LogP contribution >= 0.6 is 0 Å². The summed E-state index contributed by atoms with van der Waals surface area (Å²) in [6.45, 7) is 6.91. The molecule has 0 heterocycles. The van der Waals surface area contributed by atoms with E-state index in [4.69, 9.17) is 9.47 Å². The number of aliphatic hydroxyl groups excluding tert-OH is 1. The number of aliphatic hydroxyl groups is 1.